The second kappa shape index (κ2) is 4.22. The number of rotatable bonds is 1. The zero-order chi connectivity index (χ0) is 12.7. The summed E-state index contributed by atoms with van der Waals surface area (Å²) in [6, 6.07) is 8.76. The third-order valence-electron chi connectivity index (χ3n) is 2.59. The molecule has 0 aliphatic carbocycles. The van der Waals surface area contributed by atoms with E-state index in [2.05, 4.69) is 20.9 Å². The van der Waals surface area contributed by atoms with Crippen LogP contribution in [0.4, 0.5) is 0 Å². The maximum atomic E-state index is 12.2. The van der Waals surface area contributed by atoms with Crippen LogP contribution in [0.2, 0.25) is 0 Å². The third-order valence-corrected chi connectivity index (χ3v) is 4.02. The smallest absolute Gasteiger partial charge is 0.306 e. The van der Waals surface area contributed by atoms with Crippen LogP contribution in [-0.2, 0) is 0 Å². The van der Waals surface area contributed by atoms with Gasteiger partial charge in [0.25, 0.3) is 5.56 Å². The minimum Gasteiger partial charge on any atom is -0.306 e. The zero-order valence-electron chi connectivity index (χ0n) is 9.01. The van der Waals surface area contributed by atoms with Gasteiger partial charge in [0.15, 0.2) is 0 Å². The fraction of sp³-hybridized carbons (Fsp3) is 0. The van der Waals surface area contributed by atoms with Gasteiger partial charge in [0.1, 0.15) is 4.70 Å². The van der Waals surface area contributed by atoms with Crippen molar-refractivity contribution in [1.29, 1.82) is 0 Å². The van der Waals surface area contributed by atoms with E-state index in [9.17, 15) is 9.59 Å². The van der Waals surface area contributed by atoms with Crippen LogP contribution < -0.4 is 11.2 Å². The molecule has 0 aliphatic rings. The molecular weight excluding hydrogens is 316 g/mol. The van der Waals surface area contributed by atoms with Crippen LogP contribution >= 0.6 is 27.3 Å². The lowest BCUT2D eigenvalue weighted by molar-refractivity contribution is 0.904. The molecular formula is C12H7BrN2O2S. The molecule has 0 fully saturated rings. The topological polar surface area (TPSA) is 54.9 Å². The fourth-order valence-corrected chi connectivity index (χ4v) is 2.81. The maximum Gasteiger partial charge on any atom is 0.333 e. The number of hydrogen-bond acceptors (Lipinski definition) is 3. The van der Waals surface area contributed by atoms with Crippen LogP contribution in [0, 0.1) is 0 Å². The van der Waals surface area contributed by atoms with Crippen LogP contribution in [0.15, 0.2) is 49.8 Å². The van der Waals surface area contributed by atoms with Crippen molar-refractivity contribution in [1.82, 2.24) is 9.55 Å². The standard InChI is InChI=1S/C12H7BrN2O2S/c13-7-1-3-8(4-2-7)15-11(16)10-9(5-6-18-10)14-12(15)17/h1-6H,(H,14,17). The number of H-pyrrole nitrogens is 1. The summed E-state index contributed by atoms with van der Waals surface area (Å²) in [6.07, 6.45) is 0. The number of aromatic amines is 1. The number of fused-ring (bicyclic) bond motifs is 1. The summed E-state index contributed by atoms with van der Waals surface area (Å²) in [4.78, 5) is 26.9. The molecule has 0 amide bonds. The van der Waals surface area contributed by atoms with E-state index in [4.69, 9.17) is 0 Å². The SMILES string of the molecule is O=c1[nH]c2ccsc2c(=O)n1-c1ccc(Br)cc1. The number of nitrogens with one attached hydrogen (secondary N) is 1. The maximum absolute atomic E-state index is 12.2. The van der Waals surface area contributed by atoms with Crippen molar-refractivity contribution >= 4 is 37.5 Å². The second-order valence-corrected chi connectivity index (χ2v) is 5.54. The van der Waals surface area contributed by atoms with Gasteiger partial charge in [-0.05, 0) is 35.7 Å². The lowest BCUT2D eigenvalue weighted by Gasteiger charge is -2.04. The van der Waals surface area contributed by atoms with E-state index in [1.165, 1.54) is 11.3 Å². The van der Waals surface area contributed by atoms with Crippen LogP contribution in [-0.4, -0.2) is 9.55 Å². The molecule has 1 aromatic carbocycles. The van der Waals surface area contributed by atoms with Crippen LogP contribution in [0.5, 0.6) is 0 Å². The first kappa shape index (κ1) is 11.4. The van der Waals surface area contributed by atoms with E-state index >= 15 is 0 Å². The third kappa shape index (κ3) is 1.74. The molecule has 90 valence electrons. The molecule has 0 saturated heterocycles. The molecule has 0 radical (unpaired) electrons. The highest BCUT2D eigenvalue weighted by molar-refractivity contribution is 9.10. The minimum absolute atomic E-state index is 0.286. The zero-order valence-corrected chi connectivity index (χ0v) is 11.4. The molecule has 4 nitrogen and oxygen atoms in total. The largest absolute Gasteiger partial charge is 0.333 e. The highest BCUT2D eigenvalue weighted by Crippen LogP contribution is 2.15. The molecule has 0 atom stereocenters. The van der Waals surface area contributed by atoms with Crippen molar-refractivity contribution in [2.45, 2.75) is 0 Å². The Morgan fingerprint density at radius 1 is 1.11 bits per heavy atom. The molecule has 18 heavy (non-hydrogen) atoms. The van der Waals surface area contributed by atoms with Gasteiger partial charge in [-0.25, -0.2) is 9.36 Å². The fourth-order valence-electron chi connectivity index (χ4n) is 1.76. The van der Waals surface area contributed by atoms with Crippen molar-refractivity contribution < 1.29 is 0 Å². The monoisotopic (exact) mass is 322 g/mol. The van der Waals surface area contributed by atoms with Gasteiger partial charge in [-0.3, -0.25) is 4.79 Å². The van der Waals surface area contributed by atoms with Gasteiger partial charge >= 0.3 is 5.69 Å². The number of hydrogen-bond donors (Lipinski definition) is 1. The average molecular weight is 323 g/mol. The number of thiophene rings is 1. The quantitative estimate of drug-likeness (QED) is 0.748. The molecule has 3 rings (SSSR count). The summed E-state index contributed by atoms with van der Waals surface area (Å²) in [6.45, 7) is 0. The highest BCUT2D eigenvalue weighted by atomic mass is 79.9. The second-order valence-electron chi connectivity index (χ2n) is 3.71. The summed E-state index contributed by atoms with van der Waals surface area (Å²) in [5.41, 5.74) is 0.433. The minimum atomic E-state index is -0.423. The van der Waals surface area contributed by atoms with Crippen molar-refractivity contribution in [3.8, 4) is 5.69 Å². The van der Waals surface area contributed by atoms with Crippen molar-refractivity contribution in [3.63, 3.8) is 0 Å². The van der Waals surface area contributed by atoms with E-state index in [1.54, 1.807) is 35.7 Å². The number of benzene rings is 1. The molecule has 0 bridgehead atoms. The van der Waals surface area contributed by atoms with Crippen LogP contribution in [0.25, 0.3) is 15.9 Å². The Hall–Kier alpha value is -1.66. The number of halogens is 1. The summed E-state index contributed by atoms with van der Waals surface area (Å²) in [7, 11) is 0. The Kier molecular flexibility index (Phi) is 2.68. The normalized spacial score (nSPS) is 10.9. The lowest BCUT2D eigenvalue weighted by Crippen LogP contribution is -2.32. The first-order valence-corrected chi connectivity index (χ1v) is 6.82. The van der Waals surface area contributed by atoms with E-state index in [1.807, 2.05) is 0 Å². The summed E-state index contributed by atoms with van der Waals surface area (Å²) < 4.78 is 2.59. The van der Waals surface area contributed by atoms with Gasteiger partial charge in [0, 0.05) is 4.47 Å². The van der Waals surface area contributed by atoms with E-state index in [0.717, 1.165) is 9.04 Å². The van der Waals surface area contributed by atoms with E-state index in [-0.39, 0.29) is 5.56 Å². The Bertz CT molecular complexity index is 830. The molecule has 1 N–H and O–H groups in total. The molecule has 0 aliphatic heterocycles. The molecule has 0 saturated carbocycles. The van der Waals surface area contributed by atoms with Gasteiger partial charge in [0.05, 0.1) is 11.2 Å². The van der Waals surface area contributed by atoms with Gasteiger partial charge in [0.2, 0.25) is 0 Å². The number of aromatic nitrogens is 2. The Morgan fingerprint density at radius 2 is 1.83 bits per heavy atom. The highest BCUT2D eigenvalue weighted by Gasteiger charge is 2.09. The molecule has 0 spiro atoms. The number of nitrogens with zero attached hydrogens (tertiary/aromatic N) is 1. The Morgan fingerprint density at radius 3 is 2.56 bits per heavy atom. The first-order chi connectivity index (χ1) is 8.66. The van der Waals surface area contributed by atoms with Crippen LogP contribution in [0.1, 0.15) is 0 Å². The summed E-state index contributed by atoms with van der Waals surface area (Å²) in [5, 5.41) is 1.79. The molecule has 2 heterocycles. The average Bonchev–Trinajstić information content (AvgIpc) is 2.80. The molecule has 2 aromatic heterocycles. The summed E-state index contributed by atoms with van der Waals surface area (Å²) in [5.74, 6) is 0. The van der Waals surface area contributed by atoms with Crippen molar-refractivity contribution in [2.24, 2.45) is 0 Å². The van der Waals surface area contributed by atoms with Crippen molar-refractivity contribution in [3.05, 3.63) is 61.0 Å². The van der Waals surface area contributed by atoms with Gasteiger partial charge in [-0.15, -0.1) is 11.3 Å². The molecule has 6 heteroatoms. The van der Waals surface area contributed by atoms with Crippen molar-refractivity contribution in [2.75, 3.05) is 0 Å². The van der Waals surface area contributed by atoms with E-state index < -0.39 is 5.69 Å². The predicted octanol–water partition coefficient (Wildman–Crippen LogP) is 2.50. The molecule has 3 aromatic rings. The molecule has 0 unspecified atom stereocenters. The predicted molar refractivity (Wildman–Crippen MR) is 75.7 cm³/mol. The van der Waals surface area contributed by atoms with E-state index in [0.29, 0.717) is 15.9 Å². The lowest BCUT2D eigenvalue weighted by atomic mass is 10.3. The van der Waals surface area contributed by atoms with Gasteiger partial charge in [-0.2, -0.15) is 0 Å². The first-order valence-electron chi connectivity index (χ1n) is 5.15. The van der Waals surface area contributed by atoms with Gasteiger partial charge in [-0.1, -0.05) is 15.9 Å². The Balaban J connectivity index is 2.38. The van der Waals surface area contributed by atoms with Crippen LogP contribution in [0.3, 0.4) is 0 Å². The Labute approximate surface area is 114 Å². The summed E-state index contributed by atoms with van der Waals surface area (Å²) >= 11 is 4.64. The van der Waals surface area contributed by atoms with Gasteiger partial charge < -0.3 is 4.98 Å².